The zero-order chi connectivity index (χ0) is 37.7. The molecule has 11 heteroatoms. The fourth-order valence-corrected chi connectivity index (χ4v) is 6.78. The molecule has 51 heavy (non-hydrogen) atoms. The lowest BCUT2D eigenvalue weighted by Crippen LogP contribution is -2.29. The van der Waals surface area contributed by atoms with E-state index in [1.165, 1.54) is 122 Å². The molecule has 0 aliphatic carbocycles. The van der Waals surface area contributed by atoms with Crippen LogP contribution in [0.15, 0.2) is 0 Å². The summed E-state index contributed by atoms with van der Waals surface area (Å²) in [7, 11) is -4.60. The molecular weight excluding hydrogens is 671 g/mol. The van der Waals surface area contributed by atoms with E-state index in [0.717, 1.165) is 44.9 Å². The van der Waals surface area contributed by atoms with Crippen molar-refractivity contribution in [1.82, 2.24) is 0 Å². The molecule has 10 nitrogen and oxygen atoms in total. The summed E-state index contributed by atoms with van der Waals surface area (Å²) in [5, 5.41) is 18.2. The van der Waals surface area contributed by atoms with E-state index in [0.29, 0.717) is 12.8 Å². The highest BCUT2D eigenvalue weighted by molar-refractivity contribution is 7.47. The van der Waals surface area contributed by atoms with E-state index < -0.39 is 51.8 Å². The van der Waals surface area contributed by atoms with Crippen molar-refractivity contribution in [3.8, 4) is 0 Å². The number of rotatable bonds is 40. The van der Waals surface area contributed by atoms with Crippen LogP contribution in [-0.2, 0) is 32.7 Å². The third-order valence-corrected chi connectivity index (χ3v) is 10.2. The Labute approximate surface area is 312 Å². The zero-order valence-corrected chi connectivity index (χ0v) is 33.7. The highest BCUT2D eigenvalue weighted by Crippen LogP contribution is 2.43. The summed E-state index contributed by atoms with van der Waals surface area (Å²) in [6.45, 7) is 2.33. The molecule has 0 amide bonds. The second-order valence-corrected chi connectivity index (χ2v) is 15.8. The van der Waals surface area contributed by atoms with E-state index in [4.69, 9.17) is 19.1 Å². The molecule has 3 atom stereocenters. The molecule has 304 valence electrons. The van der Waals surface area contributed by atoms with Crippen molar-refractivity contribution < 1.29 is 47.8 Å². The molecule has 0 rings (SSSR count). The molecule has 0 bridgehead atoms. The minimum atomic E-state index is -4.60. The van der Waals surface area contributed by atoms with Gasteiger partial charge in [0, 0.05) is 12.8 Å². The first-order valence-corrected chi connectivity index (χ1v) is 22.5. The number of carbonyl (C=O) groups excluding carboxylic acids is 2. The van der Waals surface area contributed by atoms with Gasteiger partial charge in [0.2, 0.25) is 0 Å². The number of hydrogen-bond acceptors (Lipinski definition) is 9. The Morgan fingerprint density at radius 2 is 0.843 bits per heavy atom. The number of esters is 2. The van der Waals surface area contributed by atoms with Gasteiger partial charge in [-0.05, 0) is 12.8 Å². The first kappa shape index (κ1) is 50.0. The van der Waals surface area contributed by atoms with Gasteiger partial charge >= 0.3 is 19.8 Å². The topological polar surface area (TPSA) is 149 Å². The van der Waals surface area contributed by atoms with Crippen molar-refractivity contribution in [2.45, 2.75) is 219 Å². The molecule has 0 aliphatic rings. The monoisotopic (exact) mass is 751 g/mol. The predicted octanol–water partition coefficient (Wildman–Crippen LogP) is 10.7. The van der Waals surface area contributed by atoms with Crippen LogP contribution in [0, 0.1) is 0 Å². The van der Waals surface area contributed by atoms with Gasteiger partial charge in [0.05, 0.1) is 19.8 Å². The van der Waals surface area contributed by atoms with Crippen LogP contribution >= 0.6 is 7.82 Å². The maximum Gasteiger partial charge on any atom is 0.472 e. The van der Waals surface area contributed by atoms with Gasteiger partial charge < -0.3 is 24.6 Å². The highest BCUT2D eigenvalue weighted by atomic mass is 31.2. The maximum atomic E-state index is 12.5. The molecular formula is C40H79O10P. The Morgan fingerprint density at radius 1 is 0.510 bits per heavy atom. The smallest absolute Gasteiger partial charge is 0.462 e. The van der Waals surface area contributed by atoms with Gasteiger partial charge in [-0.1, -0.05) is 181 Å². The van der Waals surface area contributed by atoms with Gasteiger partial charge in [-0.2, -0.15) is 0 Å². The van der Waals surface area contributed by atoms with Crippen LogP contribution in [0.3, 0.4) is 0 Å². The first-order chi connectivity index (χ1) is 24.7. The molecule has 0 aromatic rings. The van der Waals surface area contributed by atoms with Crippen LogP contribution in [0.2, 0.25) is 0 Å². The Hall–Kier alpha value is -1.03. The fourth-order valence-electron chi connectivity index (χ4n) is 5.99. The fraction of sp³-hybridized carbons (Fsp3) is 0.950. The van der Waals surface area contributed by atoms with Crippen molar-refractivity contribution in [2.75, 3.05) is 26.4 Å². The number of aliphatic hydroxyl groups excluding tert-OH is 2. The lowest BCUT2D eigenvalue weighted by atomic mass is 10.0. The summed E-state index contributed by atoms with van der Waals surface area (Å²) in [5.74, 6) is -0.922. The Morgan fingerprint density at radius 3 is 1.22 bits per heavy atom. The molecule has 0 saturated carbocycles. The van der Waals surface area contributed by atoms with Crippen LogP contribution in [0.5, 0.6) is 0 Å². The van der Waals surface area contributed by atoms with Gasteiger partial charge in [0.25, 0.3) is 0 Å². The molecule has 0 aromatic heterocycles. The lowest BCUT2D eigenvalue weighted by Gasteiger charge is -2.20. The summed E-state index contributed by atoms with van der Waals surface area (Å²) in [4.78, 5) is 34.7. The lowest BCUT2D eigenvalue weighted by molar-refractivity contribution is -0.161. The Balaban J connectivity index is 4.04. The SMILES string of the molecule is CCCCCCCCCCCCCCCCCCCCCCCCC(=O)OC(COC(=O)CCCCCCCC)COP(=O)(O)OCC(O)CO. The van der Waals surface area contributed by atoms with Crippen molar-refractivity contribution in [2.24, 2.45) is 0 Å². The summed E-state index contributed by atoms with van der Waals surface area (Å²) in [6, 6.07) is 0. The van der Waals surface area contributed by atoms with Crippen molar-refractivity contribution in [3.63, 3.8) is 0 Å². The molecule has 0 radical (unpaired) electrons. The highest BCUT2D eigenvalue weighted by Gasteiger charge is 2.27. The van der Waals surface area contributed by atoms with Crippen molar-refractivity contribution in [1.29, 1.82) is 0 Å². The first-order valence-electron chi connectivity index (χ1n) is 21.0. The molecule has 3 N–H and O–H groups in total. The number of ether oxygens (including phenoxy) is 2. The van der Waals surface area contributed by atoms with Crippen LogP contribution in [0.4, 0.5) is 0 Å². The largest absolute Gasteiger partial charge is 0.472 e. The predicted molar refractivity (Wildman–Crippen MR) is 206 cm³/mol. The third kappa shape index (κ3) is 37.1. The second-order valence-electron chi connectivity index (χ2n) is 14.4. The van der Waals surface area contributed by atoms with Crippen LogP contribution in [0.1, 0.15) is 206 Å². The minimum absolute atomic E-state index is 0.192. The molecule has 0 aliphatic heterocycles. The number of phosphoric acid groups is 1. The average molecular weight is 751 g/mol. The number of carbonyl (C=O) groups is 2. The van der Waals surface area contributed by atoms with E-state index in [9.17, 15) is 24.2 Å². The van der Waals surface area contributed by atoms with Crippen LogP contribution in [-0.4, -0.2) is 65.7 Å². The van der Waals surface area contributed by atoms with E-state index in [1.54, 1.807) is 0 Å². The van der Waals surface area contributed by atoms with E-state index in [2.05, 4.69) is 18.4 Å². The Kier molecular flexibility index (Phi) is 36.5. The molecule has 0 heterocycles. The second kappa shape index (κ2) is 37.3. The molecule has 0 fully saturated rings. The average Bonchev–Trinajstić information content (AvgIpc) is 3.12. The number of phosphoric ester groups is 1. The van der Waals surface area contributed by atoms with Crippen LogP contribution < -0.4 is 0 Å². The van der Waals surface area contributed by atoms with Gasteiger partial charge in [0.1, 0.15) is 12.7 Å². The Bertz CT molecular complexity index is 827. The molecule has 3 unspecified atom stereocenters. The van der Waals surface area contributed by atoms with Crippen LogP contribution in [0.25, 0.3) is 0 Å². The summed E-state index contributed by atoms with van der Waals surface area (Å²) in [6.07, 6.45) is 32.6. The van der Waals surface area contributed by atoms with Gasteiger partial charge in [-0.25, -0.2) is 4.57 Å². The van der Waals surface area contributed by atoms with Gasteiger partial charge in [-0.15, -0.1) is 0 Å². The summed E-state index contributed by atoms with van der Waals surface area (Å²) >= 11 is 0. The standard InChI is InChI=1S/C40H79O10P/c1-3-5-7-9-11-12-13-14-15-16-17-18-19-20-21-22-23-24-25-26-28-30-32-40(44)50-38(36-49-51(45,46)48-34-37(42)33-41)35-47-39(43)31-29-27-10-8-6-4-2/h37-38,41-42H,3-36H2,1-2H3,(H,45,46). The number of aliphatic hydroxyl groups is 2. The van der Waals surface area contributed by atoms with Crippen molar-refractivity contribution in [3.05, 3.63) is 0 Å². The minimum Gasteiger partial charge on any atom is -0.462 e. The maximum absolute atomic E-state index is 12.5. The number of hydrogen-bond donors (Lipinski definition) is 3. The normalized spacial score (nSPS) is 13.9. The summed E-state index contributed by atoms with van der Waals surface area (Å²) < 4.78 is 32.5. The van der Waals surface area contributed by atoms with Gasteiger partial charge in [-0.3, -0.25) is 18.6 Å². The third-order valence-electron chi connectivity index (χ3n) is 9.26. The molecule has 0 spiro atoms. The zero-order valence-electron chi connectivity index (χ0n) is 32.8. The van der Waals surface area contributed by atoms with E-state index >= 15 is 0 Å². The van der Waals surface area contributed by atoms with E-state index in [-0.39, 0.29) is 19.4 Å². The van der Waals surface area contributed by atoms with E-state index in [1.807, 2.05) is 0 Å². The molecule has 0 aromatic carbocycles. The van der Waals surface area contributed by atoms with Crippen molar-refractivity contribution >= 4 is 19.8 Å². The molecule has 0 saturated heterocycles. The number of unbranched alkanes of at least 4 members (excludes halogenated alkanes) is 26. The summed E-state index contributed by atoms with van der Waals surface area (Å²) in [5.41, 5.74) is 0. The van der Waals surface area contributed by atoms with Gasteiger partial charge in [0.15, 0.2) is 6.10 Å². The quantitative estimate of drug-likeness (QED) is 0.0314.